The van der Waals surface area contributed by atoms with Gasteiger partial charge in [-0.25, -0.2) is 0 Å². The van der Waals surface area contributed by atoms with Crippen LogP contribution in [0.15, 0.2) is 143 Å². The van der Waals surface area contributed by atoms with Gasteiger partial charge in [0.25, 0.3) is 0 Å². The molecule has 0 unspecified atom stereocenters. The smallest absolute Gasteiger partial charge is 0.187 e. The second-order valence-corrected chi connectivity index (χ2v) is 8.25. The second-order valence-electron chi connectivity index (χ2n) is 6.43. The zero-order valence-corrected chi connectivity index (χ0v) is 20.1. The standard InChI is InChI=1S/2C13H11NOS.Ni/c2*15-13-9-5-4-6-11(13)10-14-16-12-7-2-1-3-8-12;/h2*1-10,14H;. The van der Waals surface area contributed by atoms with E-state index in [0.29, 0.717) is 11.1 Å². The number of nitrogens with one attached hydrogen (secondary N) is 2. The van der Waals surface area contributed by atoms with Crippen LogP contribution in [0.2, 0.25) is 0 Å². The van der Waals surface area contributed by atoms with Gasteiger partial charge in [0.1, 0.15) is 0 Å². The van der Waals surface area contributed by atoms with E-state index in [2.05, 4.69) is 9.44 Å². The number of allylic oxidation sites excluding steroid dienone is 10. The van der Waals surface area contributed by atoms with Crippen LogP contribution >= 0.6 is 23.9 Å². The third-order valence-corrected chi connectivity index (χ3v) is 5.59. The Hall–Kier alpha value is -2.99. The van der Waals surface area contributed by atoms with Crippen LogP contribution in [0.5, 0.6) is 0 Å². The minimum absolute atomic E-state index is 0. The van der Waals surface area contributed by atoms with Gasteiger partial charge >= 0.3 is 0 Å². The molecule has 0 aromatic heterocycles. The molecule has 0 radical (unpaired) electrons. The average molecular weight is 517 g/mol. The fourth-order valence-electron chi connectivity index (χ4n) is 2.50. The molecule has 4 rings (SSSR count). The van der Waals surface area contributed by atoms with E-state index in [1.54, 1.807) is 48.9 Å². The van der Waals surface area contributed by atoms with Gasteiger partial charge in [0.05, 0.1) is 0 Å². The predicted molar refractivity (Wildman–Crippen MR) is 134 cm³/mol. The Morgan fingerprint density at radius 1 is 0.545 bits per heavy atom. The van der Waals surface area contributed by atoms with Gasteiger partial charge in [0, 0.05) is 49.8 Å². The number of carbonyl (C=O) groups is 2. The molecule has 0 heterocycles. The summed E-state index contributed by atoms with van der Waals surface area (Å²) in [5.41, 5.74) is 1.34. The number of hydrogen-bond acceptors (Lipinski definition) is 6. The van der Waals surface area contributed by atoms with Crippen molar-refractivity contribution >= 4 is 35.5 Å². The Balaban J connectivity index is 0.000000227. The molecule has 0 saturated carbocycles. The summed E-state index contributed by atoms with van der Waals surface area (Å²) in [6.07, 6.45) is 17.3. The minimum Gasteiger partial charge on any atom is -0.332 e. The second kappa shape index (κ2) is 15.0. The summed E-state index contributed by atoms with van der Waals surface area (Å²) in [4.78, 5) is 25.0. The average Bonchev–Trinajstić information content (AvgIpc) is 2.83. The maximum atomic E-state index is 11.4. The van der Waals surface area contributed by atoms with Crippen LogP contribution in [0.4, 0.5) is 0 Å². The Kier molecular flexibility index (Phi) is 11.9. The largest absolute Gasteiger partial charge is 0.332 e. The van der Waals surface area contributed by atoms with Gasteiger partial charge in [0.2, 0.25) is 0 Å². The normalized spacial score (nSPS) is 16.2. The third-order valence-electron chi connectivity index (χ3n) is 4.11. The molecule has 2 aliphatic carbocycles. The van der Waals surface area contributed by atoms with E-state index in [1.165, 1.54) is 23.9 Å². The number of benzene rings is 2. The Labute approximate surface area is 212 Å². The van der Waals surface area contributed by atoms with Crippen LogP contribution in [0, 0.1) is 0 Å². The molecule has 0 bridgehead atoms. The summed E-state index contributed by atoms with van der Waals surface area (Å²) < 4.78 is 6.10. The van der Waals surface area contributed by atoms with Crippen molar-refractivity contribution in [1.82, 2.24) is 9.44 Å². The molecule has 0 fully saturated rings. The molecule has 0 saturated heterocycles. The number of hydrogen-bond donors (Lipinski definition) is 2. The molecule has 2 aromatic carbocycles. The van der Waals surface area contributed by atoms with Gasteiger partial charge in [-0.15, -0.1) is 0 Å². The molecule has 4 nitrogen and oxygen atoms in total. The van der Waals surface area contributed by atoms with E-state index in [4.69, 9.17) is 0 Å². The first-order chi connectivity index (χ1) is 15.7. The molecule has 0 spiro atoms. The van der Waals surface area contributed by atoms with Gasteiger partial charge in [0.15, 0.2) is 11.6 Å². The first-order valence-electron chi connectivity index (χ1n) is 9.86. The van der Waals surface area contributed by atoms with E-state index in [0.717, 1.165) is 9.79 Å². The zero-order chi connectivity index (χ0) is 22.4. The molecule has 2 aromatic rings. The fraction of sp³-hybridized carbons (Fsp3) is 0. The quantitative estimate of drug-likeness (QED) is 0.291. The molecule has 0 amide bonds. The minimum atomic E-state index is 0. The number of rotatable bonds is 6. The molecule has 2 aliphatic rings. The fourth-order valence-corrected chi connectivity index (χ4v) is 3.73. The molecule has 33 heavy (non-hydrogen) atoms. The van der Waals surface area contributed by atoms with Crippen LogP contribution in [-0.4, -0.2) is 11.6 Å². The van der Waals surface area contributed by atoms with Gasteiger partial charge in [-0.2, -0.15) is 0 Å². The van der Waals surface area contributed by atoms with Crippen LogP contribution < -0.4 is 9.44 Å². The van der Waals surface area contributed by atoms with Crippen molar-refractivity contribution in [1.29, 1.82) is 0 Å². The van der Waals surface area contributed by atoms with Crippen molar-refractivity contribution < 1.29 is 26.1 Å². The topological polar surface area (TPSA) is 58.2 Å². The van der Waals surface area contributed by atoms with E-state index < -0.39 is 0 Å². The Morgan fingerprint density at radius 3 is 1.27 bits per heavy atom. The van der Waals surface area contributed by atoms with Crippen molar-refractivity contribution in [3.63, 3.8) is 0 Å². The van der Waals surface area contributed by atoms with Crippen molar-refractivity contribution in [2.24, 2.45) is 0 Å². The summed E-state index contributed by atoms with van der Waals surface area (Å²) in [6, 6.07) is 19.9. The first-order valence-corrected chi connectivity index (χ1v) is 11.5. The van der Waals surface area contributed by atoms with Crippen molar-refractivity contribution in [2.75, 3.05) is 0 Å². The Morgan fingerprint density at radius 2 is 0.909 bits per heavy atom. The van der Waals surface area contributed by atoms with Gasteiger partial charge < -0.3 is 9.44 Å². The first kappa shape index (κ1) is 26.3. The zero-order valence-electron chi connectivity index (χ0n) is 17.5. The number of ketones is 2. The number of carbonyl (C=O) groups excluding carboxylic acids is 2. The molecule has 170 valence electrons. The van der Waals surface area contributed by atoms with Crippen LogP contribution in [0.3, 0.4) is 0 Å². The summed E-state index contributed by atoms with van der Waals surface area (Å²) in [5.74, 6) is 0.0623. The van der Waals surface area contributed by atoms with Gasteiger partial charge in [-0.05, 0) is 72.5 Å². The van der Waals surface area contributed by atoms with E-state index in [9.17, 15) is 9.59 Å². The van der Waals surface area contributed by atoms with Gasteiger partial charge in [-0.1, -0.05) is 60.7 Å². The van der Waals surface area contributed by atoms with Crippen LogP contribution in [-0.2, 0) is 26.1 Å². The van der Waals surface area contributed by atoms with E-state index in [1.807, 2.05) is 72.8 Å². The molecule has 7 heteroatoms. The summed E-state index contributed by atoms with van der Waals surface area (Å²) in [6.45, 7) is 0. The van der Waals surface area contributed by atoms with Crippen molar-refractivity contribution in [3.05, 3.63) is 133 Å². The summed E-state index contributed by atoms with van der Waals surface area (Å²) in [5, 5.41) is 0. The molecular formula is C26H22N2NiO2S2. The molecular weight excluding hydrogens is 495 g/mol. The van der Waals surface area contributed by atoms with E-state index in [-0.39, 0.29) is 28.1 Å². The third kappa shape index (κ3) is 9.58. The molecule has 0 atom stereocenters. The maximum Gasteiger partial charge on any atom is 0.187 e. The maximum absolute atomic E-state index is 11.4. The Bertz CT molecular complexity index is 1020. The SMILES string of the molecule is O=C1C=CC=CC1=CNSc1ccccc1.O=C1C=CC=CC1=CNSc1ccccc1.[Ni]. The molecule has 2 N–H and O–H groups in total. The van der Waals surface area contributed by atoms with Gasteiger partial charge in [-0.3, -0.25) is 9.59 Å². The van der Waals surface area contributed by atoms with E-state index >= 15 is 0 Å². The van der Waals surface area contributed by atoms with Crippen LogP contribution in [0.25, 0.3) is 0 Å². The monoisotopic (exact) mass is 516 g/mol. The summed E-state index contributed by atoms with van der Waals surface area (Å²) in [7, 11) is 0. The predicted octanol–water partition coefficient (Wildman–Crippen LogP) is 5.72. The summed E-state index contributed by atoms with van der Waals surface area (Å²) >= 11 is 2.96. The van der Waals surface area contributed by atoms with Crippen molar-refractivity contribution in [3.8, 4) is 0 Å². The molecule has 0 aliphatic heterocycles. The van der Waals surface area contributed by atoms with Crippen LogP contribution in [0.1, 0.15) is 0 Å². The van der Waals surface area contributed by atoms with Crippen molar-refractivity contribution in [2.45, 2.75) is 9.79 Å².